The molecule has 4 nitrogen and oxygen atoms in total. The van der Waals surface area contributed by atoms with Crippen molar-refractivity contribution in [3.8, 4) is 0 Å². The number of hydrogen-bond donors (Lipinski definition) is 0. The van der Waals surface area contributed by atoms with Crippen molar-refractivity contribution in [2.45, 2.75) is 130 Å². The summed E-state index contributed by atoms with van der Waals surface area (Å²) in [4.78, 5) is 24.5. The van der Waals surface area contributed by atoms with Crippen LogP contribution in [0.3, 0.4) is 0 Å². The molecule has 0 radical (unpaired) electrons. The molecule has 0 spiro atoms. The molecule has 0 amide bonds. The Labute approximate surface area is 180 Å². The van der Waals surface area contributed by atoms with Crippen LogP contribution in [0.15, 0.2) is 0 Å². The van der Waals surface area contributed by atoms with Crippen LogP contribution in [0.2, 0.25) is 0 Å². The van der Waals surface area contributed by atoms with Gasteiger partial charge in [-0.25, -0.2) is 0 Å². The summed E-state index contributed by atoms with van der Waals surface area (Å²) in [6.45, 7) is 8.41. The van der Waals surface area contributed by atoms with E-state index in [-0.39, 0.29) is 0 Å². The fraction of sp³-hybridized carbons (Fsp3) is 0.920. The molecule has 0 fully saturated rings. The highest BCUT2D eigenvalue weighted by molar-refractivity contribution is 5.99. The van der Waals surface area contributed by atoms with Crippen molar-refractivity contribution in [1.82, 2.24) is 0 Å². The van der Waals surface area contributed by atoms with Crippen molar-refractivity contribution in [2.75, 3.05) is 13.2 Å². The number of rotatable bonds is 20. The van der Waals surface area contributed by atoms with Crippen LogP contribution >= 0.6 is 0 Å². The Morgan fingerprint density at radius 2 is 0.793 bits per heavy atom. The molecular formula is C25H48O4. The summed E-state index contributed by atoms with van der Waals surface area (Å²) in [7, 11) is 0. The fourth-order valence-electron chi connectivity index (χ4n) is 3.25. The van der Waals surface area contributed by atoms with Gasteiger partial charge in [-0.2, -0.15) is 0 Å². The predicted octanol–water partition coefficient (Wildman–Crippen LogP) is 7.38. The number of ether oxygens (including phenoxy) is 2. The first-order chi connectivity index (χ1) is 14.0. The highest BCUT2D eigenvalue weighted by atomic mass is 16.6. The Bertz CT molecular complexity index is 404. The summed E-state index contributed by atoms with van der Waals surface area (Å²) in [5, 5.41) is 0. The molecule has 0 bridgehead atoms. The van der Waals surface area contributed by atoms with Gasteiger partial charge in [0, 0.05) is 0 Å². The number of hydrogen-bond acceptors (Lipinski definition) is 4. The summed E-state index contributed by atoms with van der Waals surface area (Å²) in [6, 6.07) is 0. The second-order valence-corrected chi connectivity index (χ2v) is 8.85. The van der Waals surface area contributed by atoms with Gasteiger partial charge in [-0.05, 0) is 26.7 Å². The molecule has 0 rings (SSSR count). The zero-order chi connectivity index (χ0) is 21.8. The third-order valence-corrected chi connectivity index (χ3v) is 5.48. The van der Waals surface area contributed by atoms with Gasteiger partial charge < -0.3 is 9.47 Å². The van der Waals surface area contributed by atoms with Gasteiger partial charge in [0.15, 0.2) is 5.41 Å². The second-order valence-electron chi connectivity index (χ2n) is 8.85. The molecule has 0 N–H and O–H groups in total. The van der Waals surface area contributed by atoms with Gasteiger partial charge in [0.1, 0.15) is 0 Å². The lowest BCUT2D eigenvalue weighted by atomic mass is 9.94. The molecular weight excluding hydrogens is 364 g/mol. The predicted molar refractivity (Wildman–Crippen MR) is 121 cm³/mol. The standard InChI is InChI=1S/C25H48O4/c1-5-7-9-11-13-14-15-16-18-20-22-29-24(27)25(3,4)23(26)28-21-19-17-12-10-8-6-2/h5-22H2,1-4H3. The first-order valence-electron chi connectivity index (χ1n) is 12.3. The molecule has 4 heteroatoms. The number of esters is 2. The topological polar surface area (TPSA) is 52.6 Å². The van der Waals surface area contributed by atoms with Crippen LogP contribution in [0, 0.1) is 5.41 Å². The zero-order valence-corrected chi connectivity index (χ0v) is 19.9. The van der Waals surface area contributed by atoms with Crippen LogP contribution in [0.1, 0.15) is 130 Å². The molecule has 0 aliphatic heterocycles. The molecule has 0 atom stereocenters. The van der Waals surface area contributed by atoms with Crippen molar-refractivity contribution in [3.05, 3.63) is 0 Å². The first kappa shape index (κ1) is 27.9. The van der Waals surface area contributed by atoms with Gasteiger partial charge in [0.05, 0.1) is 13.2 Å². The average molecular weight is 413 g/mol. The molecule has 29 heavy (non-hydrogen) atoms. The number of unbranched alkanes of at least 4 members (excludes halogenated alkanes) is 14. The third kappa shape index (κ3) is 15.4. The van der Waals surface area contributed by atoms with Crippen LogP contribution in [-0.4, -0.2) is 25.2 Å². The third-order valence-electron chi connectivity index (χ3n) is 5.48. The monoisotopic (exact) mass is 412 g/mol. The van der Waals surface area contributed by atoms with Crippen LogP contribution < -0.4 is 0 Å². The van der Waals surface area contributed by atoms with Gasteiger partial charge in [0.25, 0.3) is 0 Å². The Morgan fingerprint density at radius 3 is 1.10 bits per heavy atom. The SMILES string of the molecule is CCCCCCCCCCCCOC(=O)C(C)(C)C(=O)OCCCCCCCC. The van der Waals surface area contributed by atoms with Gasteiger partial charge in [-0.15, -0.1) is 0 Å². The van der Waals surface area contributed by atoms with Crippen LogP contribution in [0.25, 0.3) is 0 Å². The highest BCUT2D eigenvalue weighted by Gasteiger charge is 2.39. The Morgan fingerprint density at radius 1 is 0.517 bits per heavy atom. The summed E-state index contributed by atoms with van der Waals surface area (Å²) >= 11 is 0. The van der Waals surface area contributed by atoms with E-state index in [1.807, 2.05) is 0 Å². The van der Waals surface area contributed by atoms with E-state index in [1.165, 1.54) is 77.0 Å². The maximum absolute atomic E-state index is 12.3. The van der Waals surface area contributed by atoms with E-state index < -0.39 is 17.4 Å². The van der Waals surface area contributed by atoms with E-state index in [0.717, 1.165) is 25.7 Å². The fourth-order valence-corrected chi connectivity index (χ4v) is 3.25. The minimum Gasteiger partial charge on any atom is -0.465 e. The molecule has 0 aliphatic rings. The summed E-state index contributed by atoms with van der Waals surface area (Å²) < 4.78 is 10.6. The number of carbonyl (C=O) groups excluding carboxylic acids is 2. The van der Waals surface area contributed by atoms with Gasteiger partial charge in [0.2, 0.25) is 0 Å². The molecule has 0 aromatic heterocycles. The molecule has 0 saturated heterocycles. The Balaban J connectivity index is 3.70. The van der Waals surface area contributed by atoms with Crippen molar-refractivity contribution in [3.63, 3.8) is 0 Å². The van der Waals surface area contributed by atoms with Gasteiger partial charge >= 0.3 is 11.9 Å². The van der Waals surface area contributed by atoms with E-state index in [0.29, 0.717) is 13.2 Å². The van der Waals surface area contributed by atoms with Crippen molar-refractivity contribution in [1.29, 1.82) is 0 Å². The maximum atomic E-state index is 12.3. The minimum absolute atomic E-state index is 0.389. The molecule has 172 valence electrons. The summed E-state index contributed by atoms with van der Waals surface area (Å²) in [6.07, 6.45) is 19.2. The van der Waals surface area contributed by atoms with E-state index in [9.17, 15) is 9.59 Å². The largest absolute Gasteiger partial charge is 0.465 e. The summed E-state index contributed by atoms with van der Waals surface area (Å²) in [5.41, 5.74) is -1.22. The molecule has 0 aromatic rings. The average Bonchev–Trinajstić information content (AvgIpc) is 2.70. The molecule has 0 unspecified atom stereocenters. The van der Waals surface area contributed by atoms with Crippen molar-refractivity contribution >= 4 is 11.9 Å². The Kier molecular flexibility index (Phi) is 18.2. The van der Waals surface area contributed by atoms with E-state index >= 15 is 0 Å². The molecule has 0 heterocycles. The minimum atomic E-state index is -1.22. The smallest absolute Gasteiger partial charge is 0.322 e. The van der Waals surface area contributed by atoms with Crippen LogP contribution in [0.4, 0.5) is 0 Å². The normalized spacial score (nSPS) is 11.4. The second kappa shape index (κ2) is 18.9. The first-order valence-corrected chi connectivity index (χ1v) is 12.3. The van der Waals surface area contributed by atoms with E-state index in [2.05, 4.69) is 13.8 Å². The van der Waals surface area contributed by atoms with Crippen molar-refractivity contribution in [2.24, 2.45) is 5.41 Å². The molecule has 0 saturated carbocycles. The lowest BCUT2D eigenvalue weighted by molar-refractivity contribution is -0.169. The highest BCUT2D eigenvalue weighted by Crippen LogP contribution is 2.20. The van der Waals surface area contributed by atoms with E-state index in [4.69, 9.17) is 9.47 Å². The maximum Gasteiger partial charge on any atom is 0.322 e. The summed E-state index contributed by atoms with van der Waals surface area (Å²) in [5.74, 6) is -0.944. The lowest BCUT2D eigenvalue weighted by Gasteiger charge is -2.20. The van der Waals surface area contributed by atoms with Gasteiger partial charge in [-0.1, -0.05) is 104 Å². The zero-order valence-electron chi connectivity index (χ0n) is 19.9. The van der Waals surface area contributed by atoms with Crippen LogP contribution in [-0.2, 0) is 19.1 Å². The number of carbonyl (C=O) groups is 2. The quantitative estimate of drug-likeness (QED) is 0.119. The Hall–Kier alpha value is -1.06. The molecule has 0 aromatic carbocycles. The van der Waals surface area contributed by atoms with Gasteiger partial charge in [-0.3, -0.25) is 9.59 Å². The lowest BCUT2D eigenvalue weighted by Crippen LogP contribution is -2.37. The van der Waals surface area contributed by atoms with Crippen LogP contribution in [0.5, 0.6) is 0 Å². The van der Waals surface area contributed by atoms with Crippen molar-refractivity contribution < 1.29 is 19.1 Å². The molecule has 0 aliphatic carbocycles. The van der Waals surface area contributed by atoms with E-state index in [1.54, 1.807) is 13.8 Å².